The Bertz CT molecular complexity index is 611. The molecule has 0 aliphatic heterocycles. The van der Waals surface area contributed by atoms with Gasteiger partial charge in [-0.2, -0.15) is 0 Å². The summed E-state index contributed by atoms with van der Waals surface area (Å²) in [6.07, 6.45) is 7.59. The number of imidazole rings is 1. The molecule has 0 bridgehead atoms. The van der Waals surface area contributed by atoms with Gasteiger partial charge < -0.3 is 4.74 Å². The van der Waals surface area contributed by atoms with Gasteiger partial charge >= 0.3 is 5.69 Å². The minimum atomic E-state index is 0.0448. The number of aromatic nitrogens is 3. The van der Waals surface area contributed by atoms with E-state index in [1.165, 1.54) is 0 Å². The largest absolute Gasteiger partial charge is 0.481 e. The fourth-order valence-electron chi connectivity index (χ4n) is 2.09. The molecule has 0 N–H and O–H groups in total. The quantitative estimate of drug-likeness (QED) is 0.819. The first-order valence-electron chi connectivity index (χ1n) is 6.05. The molecule has 2 aromatic rings. The molecule has 5 nitrogen and oxygen atoms in total. The van der Waals surface area contributed by atoms with Gasteiger partial charge in [0.05, 0.1) is 13.7 Å². The van der Waals surface area contributed by atoms with E-state index in [1.54, 1.807) is 17.9 Å². The molecule has 5 heteroatoms. The van der Waals surface area contributed by atoms with Gasteiger partial charge in [-0.15, -0.1) is 0 Å². The summed E-state index contributed by atoms with van der Waals surface area (Å²) in [6, 6.07) is 4.18. The lowest BCUT2D eigenvalue weighted by Gasteiger charge is -2.06. The number of hydrogen-bond donors (Lipinski definition) is 0. The highest BCUT2D eigenvalue weighted by atomic mass is 16.5. The first kappa shape index (κ1) is 11.1. The van der Waals surface area contributed by atoms with Crippen molar-refractivity contribution in [1.29, 1.82) is 0 Å². The van der Waals surface area contributed by atoms with Crippen LogP contribution in [0.3, 0.4) is 0 Å². The highest BCUT2D eigenvalue weighted by Crippen LogP contribution is 2.33. The second-order valence-electron chi connectivity index (χ2n) is 4.52. The van der Waals surface area contributed by atoms with Crippen molar-refractivity contribution >= 4 is 0 Å². The van der Waals surface area contributed by atoms with Gasteiger partial charge in [0.1, 0.15) is 0 Å². The van der Waals surface area contributed by atoms with Crippen LogP contribution in [-0.4, -0.2) is 21.2 Å². The fraction of sp³-hybridized carbons (Fsp3) is 0.385. The fourth-order valence-corrected chi connectivity index (χ4v) is 2.09. The molecule has 18 heavy (non-hydrogen) atoms. The van der Waals surface area contributed by atoms with Gasteiger partial charge in [0, 0.05) is 30.2 Å². The number of nitrogens with zero attached hydrogens (tertiary/aromatic N) is 3. The summed E-state index contributed by atoms with van der Waals surface area (Å²) in [5.74, 6) is 0.573. The van der Waals surface area contributed by atoms with Crippen LogP contribution in [0.1, 0.15) is 24.4 Å². The summed E-state index contributed by atoms with van der Waals surface area (Å²) >= 11 is 0. The van der Waals surface area contributed by atoms with Crippen LogP contribution in [0.25, 0.3) is 0 Å². The molecule has 2 aromatic heterocycles. The molecular weight excluding hydrogens is 230 g/mol. The lowest BCUT2D eigenvalue weighted by atomic mass is 10.2. The Labute approximate surface area is 105 Å². The van der Waals surface area contributed by atoms with Gasteiger partial charge in [-0.1, -0.05) is 6.07 Å². The standard InChI is InChI=1S/C13H15N3O2/c1-18-12-10(3-2-6-14-12)9-15-7-8-16(13(15)17)11-4-5-11/h2-3,6-8,11H,4-5,9H2,1H3. The van der Waals surface area contributed by atoms with Crippen molar-refractivity contribution in [1.82, 2.24) is 14.1 Å². The average molecular weight is 245 g/mol. The maximum Gasteiger partial charge on any atom is 0.328 e. The van der Waals surface area contributed by atoms with E-state index in [2.05, 4.69) is 4.98 Å². The Kier molecular flexibility index (Phi) is 2.66. The Hall–Kier alpha value is -2.04. The molecule has 0 aromatic carbocycles. The first-order valence-corrected chi connectivity index (χ1v) is 6.05. The van der Waals surface area contributed by atoms with Crippen molar-refractivity contribution < 1.29 is 4.74 Å². The molecule has 2 heterocycles. The van der Waals surface area contributed by atoms with Crippen molar-refractivity contribution in [2.75, 3.05) is 7.11 Å². The molecule has 1 aliphatic rings. The van der Waals surface area contributed by atoms with Crippen LogP contribution in [0, 0.1) is 0 Å². The summed E-state index contributed by atoms with van der Waals surface area (Å²) in [6.45, 7) is 0.496. The van der Waals surface area contributed by atoms with E-state index in [0.717, 1.165) is 18.4 Å². The molecular formula is C13H15N3O2. The van der Waals surface area contributed by atoms with E-state index in [4.69, 9.17) is 4.74 Å². The zero-order valence-electron chi connectivity index (χ0n) is 10.2. The highest BCUT2D eigenvalue weighted by molar-refractivity contribution is 5.25. The maximum atomic E-state index is 12.1. The minimum absolute atomic E-state index is 0.0448. The van der Waals surface area contributed by atoms with Crippen LogP contribution in [0.4, 0.5) is 0 Å². The number of hydrogen-bond acceptors (Lipinski definition) is 3. The predicted octanol–water partition coefficient (Wildman–Crippen LogP) is 1.44. The van der Waals surface area contributed by atoms with Crippen molar-refractivity contribution in [3.8, 4) is 5.88 Å². The molecule has 3 rings (SSSR count). The molecule has 1 fully saturated rings. The van der Waals surface area contributed by atoms with Crippen LogP contribution >= 0.6 is 0 Å². The molecule has 0 spiro atoms. The van der Waals surface area contributed by atoms with Gasteiger partial charge in [0.2, 0.25) is 5.88 Å². The number of rotatable bonds is 4. The lowest BCUT2D eigenvalue weighted by Crippen LogP contribution is -2.24. The zero-order chi connectivity index (χ0) is 12.5. The second-order valence-corrected chi connectivity index (χ2v) is 4.52. The third kappa shape index (κ3) is 1.92. The summed E-state index contributed by atoms with van der Waals surface area (Å²) < 4.78 is 8.69. The number of pyridine rings is 1. The molecule has 0 amide bonds. The van der Waals surface area contributed by atoms with Gasteiger partial charge in [-0.25, -0.2) is 9.78 Å². The molecule has 1 saturated carbocycles. The van der Waals surface area contributed by atoms with E-state index in [-0.39, 0.29) is 5.69 Å². The monoisotopic (exact) mass is 245 g/mol. The summed E-state index contributed by atoms with van der Waals surface area (Å²) in [5.41, 5.74) is 0.957. The predicted molar refractivity (Wildman–Crippen MR) is 66.9 cm³/mol. The van der Waals surface area contributed by atoms with Crippen molar-refractivity contribution in [2.45, 2.75) is 25.4 Å². The zero-order valence-corrected chi connectivity index (χ0v) is 10.2. The summed E-state index contributed by atoms with van der Waals surface area (Å²) in [7, 11) is 1.59. The Morgan fingerprint density at radius 3 is 3.00 bits per heavy atom. The third-order valence-electron chi connectivity index (χ3n) is 3.20. The summed E-state index contributed by atoms with van der Waals surface area (Å²) in [5, 5.41) is 0. The second kappa shape index (κ2) is 4.33. The van der Waals surface area contributed by atoms with Crippen molar-refractivity contribution in [3.05, 3.63) is 46.8 Å². The van der Waals surface area contributed by atoms with E-state index in [0.29, 0.717) is 18.5 Å². The van der Waals surface area contributed by atoms with E-state index in [9.17, 15) is 4.79 Å². The number of ether oxygens (including phenoxy) is 1. The number of methoxy groups -OCH3 is 1. The van der Waals surface area contributed by atoms with Gasteiger partial charge in [0.15, 0.2) is 0 Å². The minimum Gasteiger partial charge on any atom is -0.481 e. The van der Waals surface area contributed by atoms with Gasteiger partial charge in [-0.05, 0) is 18.9 Å². The molecule has 0 saturated heterocycles. The first-order chi connectivity index (χ1) is 8.79. The van der Waals surface area contributed by atoms with E-state index < -0.39 is 0 Å². The van der Waals surface area contributed by atoms with Crippen molar-refractivity contribution in [2.24, 2.45) is 0 Å². The van der Waals surface area contributed by atoms with Crippen LogP contribution in [-0.2, 0) is 6.54 Å². The Morgan fingerprint density at radius 2 is 2.28 bits per heavy atom. The normalized spacial score (nSPS) is 14.7. The van der Waals surface area contributed by atoms with Gasteiger partial charge in [0.25, 0.3) is 0 Å². The van der Waals surface area contributed by atoms with Crippen LogP contribution in [0.15, 0.2) is 35.5 Å². The molecule has 1 aliphatic carbocycles. The van der Waals surface area contributed by atoms with E-state index >= 15 is 0 Å². The molecule has 0 atom stereocenters. The Morgan fingerprint density at radius 1 is 1.44 bits per heavy atom. The van der Waals surface area contributed by atoms with Crippen LogP contribution < -0.4 is 10.4 Å². The van der Waals surface area contributed by atoms with Crippen LogP contribution in [0.5, 0.6) is 5.88 Å². The maximum absolute atomic E-state index is 12.1. The molecule has 94 valence electrons. The lowest BCUT2D eigenvalue weighted by molar-refractivity contribution is 0.391. The SMILES string of the molecule is COc1ncccc1Cn1ccn(C2CC2)c1=O. The molecule has 0 radical (unpaired) electrons. The highest BCUT2D eigenvalue weighted by Gasteiger charge is 2.25. The third-order valence-corrected chi connectivity index (χ3v) is 3.20. The smallest absolute Gasteiger partial charge is 0.328 e. The van der Waals surface area contributed by atoms with Gasteiger partial charge in [-0.3, -0.25) is 9.13 Å². The van der Waals surface area contributed by atoms with Crippen molar-refractivity contribution in [3.63, 3.8) is 0 Å². The van der Waals surface area contributed by atoms with Crippen LogP contribution in [0.2, 0.25) is 0 Å². The Balaban J connectivity index is 1.90. The summed E-state index contributed by atoms with van der Waals surface area (Å²) in [4.78, 5) is 16.3. The average Bonchev–Trinajstić information content (AvgIpc) is 3.17. The topological polar surface area (TPSA) is 49.0 Å². The molecule has 0 unspecified atom stereocenters. The van der Waals surface area contributed by atoms with E-state index in [1.807, 2.05) is 29.1 Å².